The number of carbonyl (C=O) groups excluding carboxylic acids is 1. The van der Waals surface area contributed by atoms with Crippen LogP contribution in [0.4, 0.5) is 0 Å². The molecule has 0 spiro atoms. The van der Waals surface area contributed by atoms with Gasteiger partial charge in [-0.15, -0.1) is 11.3 Å². The number of aryl methyl sites for hydroxylation is 1. The molecule has 0 N–H and O–H groups in total. The van der Waals surface area contributed by atoms with Crippen molar-refractivity contribution in [1.82, 2.24) is 4.57 Å². The number of thiazole rings is 1. The third-order valence-electron chi connectivity index (χ3n) is 3.17. The van der Waals surface area contributed by atoms with Crippen LogP contribution < -0.4 is 4.80 Å². The summed E-state index contributed by atoms with van der Waals surface area (Å²) in [6, 6.07) is 12.1. The molecule has 2 aromatic heterocycles. The summed E-state index contributed by atoms with van der Waals surface area (Å²) in [4.78, 5) is 18.2. The molecule has 0 radical (unpaired) electrons. The van der Waals surface area contributed by atoms with Gasteiger partial charge in [-0.05, 0) is 36.1 Å². The maximum Gasteiger partial charge on any atom is 0.272 e. The molecule has 2 heterocycles. The van der Waals surface area contributed by atoms with Crippen LogP contribution in [0.25, 0.3) is 16.3 Å². The summed E-state index contributed by atoms with van der Waals surface area (Å²) in [6.45, 7) is 2.99. The molecule has 0 aliphatic carbocycles. The van der Waals surface area contributed by atoms with Crippen LogP contribution >= 0.6 is 22.7 Å². The first-order valence-corrected chi connectivity index (χ1v) is 8.86. The fourth-order valence-corrected chi connectivity index (χ4v) is 3.90. The molecule has 1 amide bonds. The lowest BCUT2D eigenvalue weighted by Crippen LogP contribution is -2.16. The van der Waals surface area contributed by atoms with E-state index in [4.69, 9.17) is 0 Å². The average Bonchev–Trinajstić information content (AvgIpc) is 3.14. The summed E-state index contributed by atoms with van der Waals surface area (Å²) in [7, 11) is 0. The second-order valence-electron chi connectivity index (χ2n) is 4.80. The Morgan fingerprint density at radius 1 is 1.27 bits per heavy atom. The van der Waals surface area contributed by atoms with Gasteiger partial charge >= 0.3 is 0 Å². The van der Waals surface area contributed by atoms with Gasteiger partial charge in [0.15, 0.2) is 4.80 Å². The van der Waals surface area contributed by atoms with Crippen LogP contribution in [0.5, 0.6) is 0 Å². The van der Waals surface area contributed by atoms with Gasteiger partial charge in [-0.2, -0.15) is 4.99 Å². The minimum atomic E-state index is -0.218. The Morgan fingerprint density at radius 3 is 2.91 bits per heavy atom. The molecule has 0 aliphatic rings. The van der Waals surface area contributed by atoms with Gasteiger partial charge in [-0.25, -0.2) is 0 Å². The van der Waals surface area contributed by atoms with E-state index >= 15 is 0 Å². The van der Waals surface area contributed by atoms with Crippen molar-refractivity contribution in [2.45, 2.75) is 19.9 Å². The fourth-order valence-electron chi connectivity index (χ4n) is 2.22. The van der Waals surface area contributed by atoms with Crippen LogP contribution in [0.2, 0.25) is 0 Å². The highest BCUT2D eigenvalue weighted by Crippen LogP contribution is 2.17. The highest BCUT2D eigenvalue weighted by Gasteiger charge is 2.05. The molecule has 112 valence electrons. The summed E-state index contributed by atoms with van der Waals surface area (Å²) in [5, 5.41) is 1.99. The Bertz CT molecular complexity index is 870. The van der Waals surface area contributed by atoms with E-state index in [9.17, 15) is 4.79 Å². The van der Waals surface area contributed by atoms with Gasteiger partial charge in [0, 0.05) is 17.5 Å². The van der Waals surface area contributed by atoms with Gasteiger partial charge in [0.2, 0.25) is 0 Å². The predicted molar refractivity (Wildman–Crippen MR) is 94.0 cm³/mol. The Labute approximate surface area is 136 Å². The van der Waals surface area contributed by atoms with E-state index < -0.39 is 0 Å². The molecule has 0 saturated heterocycles. The lowest BCUT2D eigenvalue weighted by molar-refractivity contribution is -0.113. The number of thiophene rings is 1. The van der Waals surface area contributed by atoms with Crippen molar-refractivity contribution in [3.05, 3.63) is 57.5 Å². The smallest absolute Gasteiger partial charge is 0.272 e. The molecule has 0 fully saturated rings. The molecule has 3 nitrogen and oxygen atoms in total. The Kier molecular flexibility index (Phi) is 4.65. The largest absolute Gasteiger partial charge is 0.316 e. The normalized spacial score (nSPS) is 12.5. The molecule has 5 heteroatoms. The van der Waals surface area contributed by atoms with Crippen LogP contribution in [0.15, 0.2) is 52.8 Å². The zero-order valence-corrected chi connectivity index (χ0v) is 13.9. The monoisotopic (exact) mass is 328 g/mol. The Hall–Kier alpha value is -1.98. The highest BCUT2D eigenvalue weighted by atomic mass is 32.1. The quantitative estimate of drug-likeness (QED) is 0.657. The molecule has 0 saturated carbocycles. The predicted octanol–water partition coefficient (Wildman–Crippen LogP) is 4.32. The topological polar surface area (TPSA) is 34.4 Å². The van der Waals surface area contributed by atoms with E-state index in [1.807, 2.05) is 35.7 Å². The number of amides is 1. The molecule has 0 unspecified atom stereocenters. The van der Waals surface area contributed by atoms with Crippen molar-refractivity contribution in [3.63, 3.8) is 0 Å². The van der Waals surface area contributed by atoms with Gasteiger partial charge in [-0.1, -0.05) is 36.5 Å². The molecule has 22 heavy (non-hydrogen) atoms. The third kappa shape index (κ3) is 3.26. The number of carbonyl (C=O) groups is 1. The lowest BCUT2D eigenvalue weighted by Gasteiger charge is -2.01. The first-order chi connectivity index (χ1) is 10.8. The third-order valence-corrected chi connectivity index (χ3v) is 5.07. The van der Waals surface area contributed by atoms with Gasteiger partial charge in [0.1, 0.15) is 0 Å². The number of hydrogen-bond donors (Lipinski definition) is 0. The zero-order chi connectivity index (χ0) is 15.4. The van der Waals surface area contributed by atoms with E-state index in [2.05, 4.69) is 28.6 Å². The van der Waals surface area contributed by atoms with Crippen molar-refractivity contribution in [2.75, 3.05) is 0 Å². The molecule has 0 aliphatic heterocycles. The summed E-state index contributed by atoms with van der Waals surface area (Å²) in [5.74, 6) is -0.218. The van der Waals surface area contributed by atoms with E-state index in [1.165, 1.54) is 6.08 Å². The molecule has 0 bridgehead atoms. The molecule has 1 aromatic carbocycles. The molecule has 3 rings (SSSR count). The van der Waals surface area contributed by atoms with Crippen molar-refractivity contribution in [3.8, 4) is 0 Å². The first-order valence-electron chi connectivity index (χ1n) is 7.16. The van der Waals surface area contributed by atoms with E-state index in [1.54, 1.807) is 22.7 Å². The standard InChI is InChI=1S/C17H16N2OS2/c1-2-11-19-14-7-3-4-8-15(14)22-17(19)18-16(20)10-9-13-6-5-12-21-13/h3-10,12H,2,11H2,1H3. The van der Waals surface area contributed by atoms with Gasteiger partial charge < -0.3 is 4.57 Å². The maximum absolute atomic E-state index is 12.1. The van der Waals surface area contributed by atoms with Crippen LogP contribution in [-0.2, 0) is 11.3 Å². The summed E-state index contributed by atoms with van der Waals surface area (Å²) in [6.07, 6.45) is 4.35. The number of aromatic nitrogens is 1. The van der Waals surface area contributed by atoms with E-state index in [-0.39, 0.29) is 5.91 Å². The second kappa shape index (κ2) is 6.85. The number of nitrogens with zero attached hydrogens (tertiary/aromatic N) is 2. The van der Waals surface area contributed by atoms with Crippen molar-refractivity contribution < 1.29 is 4.79 Å². The molecular formula is C17H16N2OS2. The Balaban J connectivity index is 1.97. The van der Waals surface area contributed by atoms with Crippen molar-refractivity contribution >= 4 is 44.9 Å². The average molecular weight is 328 g/mol. The summed E-state index contributed by atoms with van der Waals surface area (Å²) < 4.78 is 3.28. The second-order valence-corrected chi connectivity index (χ2v) is 6.79. The number of para-hydroxylation sites is 1. The van der Waals surface area contributed by atoms with Crippen LogP contribution in [0.1, 0.15) is 18.2 Å². The minimum Gasteiger partial charge on any atom is -0.316 e. The number of fused-ring (bicyclic) bond motifs is 1. The minimum absolute atomic E-state index is 0.218. The van der Waals surface area contributed by atoms with Crippen LogP contribution in [0.3, 0.4) is 0 Å². The van der Waals surface area contributed by atoms with E-state index in [0.29, 0.717) is 0 Å². The van der Waals surface area contributed by atoms with Gasteiger partial charge in [0.25, 0.3) is 5.91 Å². The maximum atomic E-state index is 12.1. The molecule has 3 aromatic rings. The number of rotatable bonds is 4. The lowest BCUT2D eigenvalue weighted by atomic mass is 10.3. The van der Waals surface area contributed by atoms with Gasteiger partial charge in [0.05, 0.1) is 10.2 Å². The van der Waals surface area contributed by atoms with Crippen LogP contribution in [-0.4, -0.2) is 10.5 Å². The fraction of sp³-hybridized carbons (Fsp3) is 0.176. The van der Waals surface area contributed by atoms with Gasteiger partial charge in [-0.3, -0.25) is 4.79 Å². The zero-order valence-electron chi connectivity index (χ0n) is 12.2. The van der Waals surface area contributed by atoms with Crippen molar-refractivity contribution in [1.29, 1.82) is 0 Å². The molecule has 0 atom stereocenters. The summed E-state index contributed by atoms with van der Waals surface area (Å²) in [5.41, 5.74) is 1.14. The highest BCUT2D eigenvalue weighted by molar-refractivity contribution is 7.16. The number of benzene rings is 1. The first kappa shape index (κ1) is 14.9. The number of hydrogen-bond acceptors (Lipinski definition) is 3. The van der Waals surface area contributed by atoms with Crippen LogP contribution in [0, 0.1) is 0 Å². The van der Waals surface area contributed by atoms with E-state index in [0.717, 1.165) is 32.9 Å². The van der Waals surface area contributed by atoms with Crippen molar-refractivity contribution in [2.24, 2.45) is 4.99 Å². The molecular weight excluding hydrogens is 312 g/mol. The summed E-state index contributed by atoms with van der Waals surface area (Å²) >= 11 is 3.16. The SMILES string of the molecule is CCCn1c(=NC(=O)C=Cc2cccs2)sc2ccccc21. The Morgan fingerprint density at radius 2 is 2.14 bits per heavy atom.